The molecule has 178 valence electrons. The number of nitrogens with zero attached hydrogens (tertiary/aromatic N) is 3. The molecule has 4 aromatic rings. The smallest absolute Gasteiger partial charge is 0.288 e. The fourth-order valence-corrected chi connectivity index (χ4v) is 5.71. The monoisotopic (exact) mass is 508 g/mol. The normalized spacial score (nSPS) is 17.4. The lowest BCUT2D eigenvalue weighted by molar-refractivity contribution is -0.118. The zero-order valence-electron chi connectivity index (χ0n) is 18.8. The number of alkyl halides is 2. The third kappa shape index (κ3) is 5.11. The second-order valence-electron chi connectivity index (χ2n) is 8.01. The highest BCUT2D eigenvalue weighted by atomic mass is 32.2. The predicted molar refractivity (Wildman–Crippen MR) is 142 cm³/mol. The Labute approximate surface area is 209 Å². The number of carbonyl (C=O) groups is 1. The van der Waals surface area contributed by atoms with E-state index in [1.54, 1.807) is 30.5 Å². The molecule has 1 aliphatic heterocycles. The summed E-state index contributed by atoms with van der Waals surface area (Å²) in [6, 6.07) is 21.4. The minimum absolute atomic E-state index is 0.135. The molecule has 35 heavy (non-hydrogen) atoms. The Morgan fingerprint density at radius 3 is 2.63 bits per heavy atom. The molecule has 5 rings (SSSR count). The number of fused-ring (bicyclic) bond motifs is 3. The summed E-state index contributed by atoms with van der Waals surface area (Å²) < 4.78 is 27.3. The second kappa shape index (κ2) is 10.2. The SMILES string of the molecule is CCn1c2ccccc2c2cc(C=N/N=C3\NC(=O)C(Cc4ccc(SC(F)F)cc4)S3)ccc21. The molecule has 2 heterocycles. The summed E-state index contributed by atoms with van der Waals surface area (Å²) in [7, 11) is 0. The van der Waals surface area contributed by atoms with Crippen molar-refractivity contribution < 1.29 is 13.6 Å². The van der Waals surface area contributed by atoms with Crippen molar-refractivity contribution in [2.24, 2.45) is 10.2 Å². The van der Waals surface area contributed by atoms with Crippen molar-refractivity contribution in [1.82, 2.24) is 9.88 Å². The number of nitrogens with one attached hydrogen (secondary N) is 1. The largest absolute Gasteiger partial charge is 0.341 e. The number of aryl methyl sites for hydroxylation is 1. The molecule has 1 aromatic heterocycles. The first-order chi connectivity index (χ1) is 17.0. The molecular formula is C26H22F2N4OS2. The van der Waals surface area contributed by atoms with Gasteiger partial charge < -0.3 is 9.88 Å². The number of hydrogen-bond acceptors (Lipinski definition) is 5. The van der Waals surface area contributed by atoms with E-state index in [1.165, 1.54) is 33.6 Å². The summed E-state index contributed by atoms with van der Waals surface area (Å²) in [5.41, 5.74) is 4.21. The standard InChI is InChI=1S/C26H22F2N4OS2/c1-2-32-21-6-4-3-5-19(21)20-13-17(9-12-22(20)32)15-29-31-26-30-24(33)23(35-26)14-16-7-10-18(11-8-16)34-25(27)28/h3-13,15,23,25H,2,14H2,1H3,(H,30,31,33). The van der Waals surface area contributed by atoms with Crippen molar-refractivity contribution in [2.45, 2.75) is 35.8 Å². The fraction of sp³-hybridized carbons (Fsp3) is 0.192. The number of amidine groups is 1. The first-order valence-electron chi connectivity index (χ1n) is 11.1. The molecule has 9 heteroatoms. The minimum Gasteiger partial charge on any atom is -0.341 e. The zero-order chi connectivity index (χ0) is 24.4. The maximum atomic E-state index is 12.5. The van der Waals surface area contributed by atoms with Gasteiger partial charge in [-0.1, -0.05) is 59.9 Å². The van der Waals surface area contributed by atoms with E-state index in [4.69, 9.17) is 0 Å². The average molecular weight is 509 g/mol. The van der Waals surface area contributed by atoms with Crippen molar-refractivity contribution in [1.29, 1.82) is 0 Å². The number of halogens is 2. The van der Waals surface area contributed by atoms with Gasteiger partial charge in [0.15, 0.2) is 5.17 Å². The third-order valence-corrected chi connectivity index (χ3v) is 7.61. The summed E-state index contributed by atoms with van der Waals surface area (Å²) in [5, 5.41) is 13.6. The molecule has 1 atom stereocenters. The molecule has 1 amide bonds. The van der Waals surface area contributed by atoms with Gasteiger partial charge in [-0.2, -0.15) is 13.9 Å². The second-order valence-corrected chi connectivity index (χ2v) is 10.3. The van der Waals surface area contributed by atoms with Gasteiger partial charge >= 0.3 is 0 Å². The highest BCUT2D eigenvalue weighted by Crippen LogP contribution is 2.30. The van der Waals surface area contributed by atoms with E-state index in [0.717, 1.165) is 17.7 Å². The molecule has 0 bridgehead atoms. The van der Waals surface area contributed by atoms with Crippen LogP contribution in [0.1, 0.15) is 18.1 Å². The van der Waals surface area contributed by atoms with Crippen LogP contribution in [0.25, 0.3) is 21.8 Å². The lowest BCUT2D eigenvalue weighted by Gasteiger charge is -2.06. The number of carbonyl (C=O) groups excluding carboxylic acids is 1. The maximum Gasteiger partial charge on any atom is 0.288 e. The highest BCUT2D eigenvalue weighted by Gasteiger charge is 2.30. The van der Waals surface area contributed by atoms with Gasteiger partial charge in [-0.15, -0.1) is 5.10 Å². The summed E-state index contributed by atoms with van der Waals surface area (Å²) in [6.45, 7) is 3.03. The van der Waals surface area contributed by atoms with E-state index in [0.29, 0.717) is 28.2 Å². The molecule has 0 aliphatic carbocycles. The van der Waals surface area contributed by atoms with Crippen LogP contribution >= 0.6 is 23.5 Å². The zero-order valence-corrected chi connectivity index (χ0v) is 20.5. The molecule has 1 unspecified atom stereocenters. The van der Waals surface area contributed by atoms with Gasteiger partial charge in [0, 0.05) is 33.2 Å². The van der Waals surface area contributed by atoms with Crippen LogP contribution in [0.15, 0.2) is 81.8 Å². The molecule has 0 radical (unpaired) electrons. The van der Waals surface area contributed by atoms with Gasteiger partial charge in [-0.3, -0.25) is 4.79 Å². The molecular weight excluding hydrogens is 486 g/mol. The van der Waals surface area contributed by atoms with Crippen LogP contribution in [-0.2, 0) is 17.8 Å². The van der Waals surface area contributed by atoms with E-state index in [9.17, 15) is 13.6 Å². The Morgan fingerprint density at radius 1 is 1.09 bits per heavy atom. The molecule has 0 spiro atoms. The van der Waals surface area contributed by atoms with E-state index in [1.807, 2.05) is 18.2 Å². The lowest BCUT2D eigenvalue weighted by atomic mass is 10.1. The Bertz CT molecular complexity index is 1450. The number of thioether (sulfide) groups is 2. The van der Waals surface area contributed by atoms with Gasteiger partial charge in [0.25, 0.3) is 5.76 Å². The predicted octanol–water partition coefficient (Wildman–Crippen LogP) is 6.29. The van der Waals surface area contributed by atoms with E-state index in [-0.39, 0.29) is 11.2 Å². The molecule has 5 nitrogen and oxygen atoms in total. The van der Waals surface area contributed by atoms with Gasteiger partial charge in [0.2, 0.25) is 5.91 Å². The molecule has 3 aromatic carbocycles. The molecule has 1 aliphatic rings. The van der Waals surface area contributed by atoms with Gasteiger partial charge in [-0.25, -0.2) is 0 Å². The number of hydrogen-bond donors (Lipinski definition) is 1. The minimum atomic E-state index is -2.45. The topological polar surface area (TPSA) is 58.8 Å². The summed E-state index contributed by atoms with van der Waals surface area (Å²) >= 11 is 1.83. The van der Waals surface area contributed by atoms with Crippen LogP contribution in [0.3, 0.4) is 0 Å². The van der Waals surface area contributed by atoms with Crippen molar-refractivity contribution >= 4 is 62.6 Å². The Balaban J connectivity index is 1.28. The molecule has 0 saturated carbocycles. The Hall–Kier alpha value is -3.17. The van der Waals surface area contributed by atoms with E-state index >= 15 is 0 Å². The first kappa shape index (κ1) is 23.6. The number of aromatic nitrogens is 1. The molecule has 1 N–H and O–H groups in total. The lowest BCUT2D eigenvalue weighted by Crippen LogP contribution is -2.25. The highest BCUT2D eigenvalue weighted by molar-refractivity contribution is 8.15. The summed E-state index contributed by atoms with van der Waals surface area (Å²) in [5.74, 6) is -2.58. The van der Waals surface area contributed by atoms with Crippen LogP contribution in [0, 0.1) is 0 Å². The van der Waals surface area contributed by atoms with Crippen LogP contribution in [0.5, 0.6) is 0 Å². The Kier molecular flexibility index (Phi) is 6.88. The van der Waals surface area contributed by atoms with Gasteiger partial charge in [0.1, 0.15) is 0 Å². The third-order valence-electron chi connectivity index (χ3n) is 5.81. The number of benzene rings is 3. The van der Waals surface area contributed by atoms with Crippen molar-refractivity contribution in [3.63, 3.8) is 0 Å². The average Bonchev–Trinajstić information content (AvgIpc) is 3.36. The van der Waals surface area contributed by atoms with Crippen molar-refractivity contribution in [2.75, 3.05) is 0 Å². The van der Waals surface area contributed by atoms with E-state index < -0.39 is 5.76 Å². The van der Waals surface area contributed by atoms with Crippen LogP contribution < -0.4 is 5.32 Å². The van der Waals surface area contributed by atoms with E-state index in [2.05, 4.69) is 51.3 Å². The van der Waals surface area contributed by atoms with Crippen LogP contribution in [-0.4, -0.2) is 32.9 Å². The Morgan fingerprint density at radius 2 is 1.86 bits per heavy atom. The number of rotatable bonds is 7. The number of amides is 1. The number of para-hydroxylation sites is 1. The van der Waals surface area contributed by atoms with Gasteiger partial charge in [-0.05, 0) is 54.8 Å². The summed E-state index contributed by atoms with van der Waals surface area (Å²) in [6.07, 6.45) is 2.17. The molecule has 1 fully saturated rings. The van der Waals surface area contributed by atoms with Crippen LogP contribution in [0.4, 0.5) is 8.78 Å². The maximum absolute atomic E-state index is 12.5. The molecule has 1 saturated heterocycles. The fourth-order valence-electron chi connectivity index (χ4n) is 4.25. The van der Waals surface area contributed by atoms with Crippen LogP contribution in [0.2, 0.25) is 0 Å². The quantitative estimate of drug-likeness (QED) is 0.181. The first-order valence-corrected chi connectivity index (χ1v) is 12.9. The van der Waals surface area contributed by atoms with Crippen molar-refractivity contribution in [3.05, 3.63) is 77.9 Å². The summed E-state index contributed by atoms with van der Waals surface area (Å²) in [4.78, 5) is 12.9. The van der Waals surface area contributed by atoms with Gasteiger partial charge in [0.05, 0.1) is 11.5 Å². The van der Waals surface area contributed by atoms with Crippen molar-refractivity contribution in [3.8, 4) is 0 Å².